The number of nitrogens with one attached hydrogen (secondary N) is 1. The molecule has 3 rings (SSSR count). The van der Waals surface area contributed by atoms with Gasteiger partial charge in [0, 0.05) is 5.70 Å². The minimum absolute atomic E-state index is 0.00900. The van der Waals surface area contributed by atoms with Crippen LogP contribution in [0.5, 0.6) is 0 Å². The molecule has 2 N–H and O–H groups in total. The van der Waals surface area contributed by atoms with E-state index in [2.05, 4.69) is 5.32 Å². The van der Waals surface area contributed by atoms with E-state index in [4.69, 9.17) is 9.84 Å². The summed E-state index contributed by atoms with van der Waals surface area (Å²) in [6.07, 6.45) is 0. The summed E-state index contributed by atoms with van der Waals surface area (Å²) < 4.78 is 33.9. The average molecular weight is 416 g/mol. The maximum atomic E-state index is 14.4. The number of carboxylic acid groups (broad SMARTS) is 1. The summed E-state index contributed by atoms with van der Waals surface area (Å²) in [5.74, 6) is -3.82. The molecule has 0 aromatic heterocycles. The SMILES string of the molecule is CCOC(=O)C1=C(C)N(c2ccc(C(=O)O)cc2)C(=O)N[C@@H]1c1c(F)cccc1F. The molecular formula is C21H18F2N2O5. The van der Waals surface area contributed by atoms with Gasteiger partial charge in [-0.05, 0) is 50.2 Å². The molecule has 1 aliphatic heterocycles. The van der Waals surface area contributed by atoms with Crippen LogP contribution < -0.4 is 10.2 Å². The molecule has 0 unspecified atom stereocenters. The van der Waals surface area contributed by atoms with Crippen molar-refractivity contribution in [1.29, 1.82) is 0 Å². The first kappa shape index (κ1) is 21.0. The third kappa shape index (κ3) is 3.73. The number of amides is 2. The highest BCUT2D eigenvalue weighted by molar-refractivity contribution is 6.03. The molecular weight excluding hydrogens is 398 g/mol. The second kappa shape index (κ2) is 8.32. The Kier molecular flexibility index (Phi) is 5.81. The van der Waals surface area contributed by atoms with Crippen molar-refractivity contribution in [2.75, 3.05) is 11.5 Å². The fourth-order valence-corrected chi connectivity index (χ4v) is 3.28. The molecule has 156 valence electrons. The van der Waals surface area contributed by atoms with E-state index in [0.29, 0.717) is 0 Å². The number of carbonyl (C=O) groups excluding carboxylic acids is 2. The molecule has 2 aromatic rings. The average Bonchev–Trinajstić information content (AvgIpc) is 2.68. The Labute approximate surface area is 170 Å². The number of aromatic carboxylic acids is 1. The highest BCUT2D eigenvalue weighted by atomic mass is 19.1. The fourth-order valence-electron chi connectivity index (χ4n) is 3.28. The van der Waals surface area contributed by atoms with Crippen LogP contribution in [0.3, 0.4) is 0 Å². The molecule has 30 heavy (non-hydrogen) atoms. The fraction of sp³-hybridized carbons (Fsp3) is 0.190. The van der Waals surface area contributed by atoms with Crippen molar-refractivity contribution in [3.05, 3.63) is 76.5 Å². The van der Waals surface area contributed by atoms with E-state index >= 15 is 0 Å². The van der Waals surface area contributed by atoms with Gasteiger partial charge in [-0.3, -0.25) is 4.90 Å². The van der Waals surface area contributed by atoms with Gasteiger partial charge < -0.3 is 15.2 Å². The van der Waals surface area contributed by atoms with Crippen LogP contribution >= 0.6 is 0 Å². The van der Waals surface area contributed by atoms with Gasteiger partial charge in [0.25, 0.3) is 0 Å². The molecule has 0 spiro atoms. The van der Waals surface area contributed by atoms with E-state index < -0.39 is 41.2 Å². The molecule has 0 saturated heterocycles. The normalized spacial score (nSPS) is 16.3. The van der Waals surface area contributed by atoms with E-state index in [0.717, 1.165) is 17.0 Å². The van der Waals surface area contributed by atoms with Crippen LogP contribution in [0.1, 0.15) is 35.8 Å². The second-order valence-corrected chi connectivity index (χ2v) is 6.42. The van der Waals surface area contributed by atoms with Crippen molar-refractivity contribution in [2.24, 2.45) is 0 Å². The Morgan fingerprint density at radius 1 is 1.13 bits per heavy atom. The minimum Gasteiger partial charge on any atom is -0.478 e. The Hall–Kier alpha value is -3.75. The first-order valence-corrected chi connectivity index (χ1v) is 9.02. The third-order valence-corrected chi connectivity index (χ3v) is 4.64. The lowest BCUT2D eigenvalue weighted by atomic mass is 9.93. The number of hydrogen-bond donors (Lipinski definition) is 2. The first-order valence-electron chi connectivity index (χ1n) is 9.02. The molecule has 0 radical (unpaired) electrons. The van der Waals surface area contributed by atoms with E-state index in [1.54, 1.807) is 6.92 Å². The number of esters is 1. The largest absolute Gasteiger partial charge is 0.478 e. The molecule has 9 heteroatoms. The Morgan fingerprint density at radius 2 is 1.73 bits per heavy atom. The maximum Gasteiger partial charge on any atom is 0.338 e. The number of hydrogen-bond acceptors (Lipinski definition) is 4. The predicted molar refractivity (Wildman–Crippen MR) is 103 cm³/mol. The van der Waals surface area contributed by atoms with Gasteiger partial charge in [-0.25, -0.2) is 23.2 Å². The topological polar surface area (TPSA) is 95.9 Å². The number of ether oxygens (including phenoxy) is 1. The molecule has 7 nitrogen and oxygen atoms in total. The Balaban J connectivity index is 2.16. The molecule has 0 fully saturated rings. The van der Waals surface area contributed by atoms with E-state index in [-0.39, 0.29) is 29.1 Å². The Morgan fingerprint density at radius 3 is 2.27 bits per heavy atom. The number of carboxylic acids is 1. The number of urea groups is 1. The van der Waals surface area contributed by atoms with Crippen molar-refractivity contribution in [1.82, 2.24) is 5.32 Å². The third-order valence-electron chi connectivity index (χ3n) is 4.64. The summed E-state index contributed by atoms with van der Waals surface area (Å²) in [6.45, 7) is 3.04. The van der Waals surface area contributed by atoms with Crippen LogP contribution in [-0.4, -0.2) is 29.7 Å². The standard InChI is InChI=1S/C21H18F2N2O5/c1-3-30-20(28)16-11(2)25(13-9-7-12(8-10-13)19(26)27)21(29)24-18(16)17-14(22)5-4-6-15(17)23/h4-10,18H,3H2,1-2H3,(H,24,29)(H,26,27)/t18-/m0/s1. The number of nitrogens with zero attached hydrogens (tertiary/aromatic N) is 1. The minimum atomic E-state index is -1.40. The molecule has 0 aliphatic carbocycles. The summed E-state index contributed by atoms with van der Waals surface area (Å²) in [5, 5.41) is 11.5. The lowest BCUT2D eigenvalue weighted by Gasteiger charge is -2.35. The summed E-state index contributed by atoms with van der Waals surface area (Å²) in [6, 6.07) is 6.47. The zero-order chi connectivity index (χ0) is 22.0. The van der Waals surface area contributed by atoms with Crippen LogP contribution in [0.25, 0.3) is 0 Å². The van der Waals surface area contributed by atoms with Crippen molar-refractivity contribution in [3.63, 3.8) is 0 Å². The first-order chi connectivity index (χ1) is 14.3. The Bertz CT molecular complexity index is 1030. The van der Waals surface area contributed by atoms with Crippen LogP contribution in [0.4, 0.5) is 19.3 Å². The zero-order valence-electron chi connectivity index (χ0n) is 16.1. The van der Waals surface area contributed by atoms with Gasteiger partial charge in [0.05, 0.1) is 35.0 Å². The molecule has 0 saturated carbocycles. The van der Waals surface area contributed by atoms with Gasteiger partial charge >= 0.3 is 18.0 Å². The van der Waals surface area contributed by atoms with Gasteiger partial charge in [-0.2, -0.15) is 0 Å². The molecule has 2 amide bonds. The van der Waals surface area contributed by atoms with Crippen LogP contribution in [0.15, 0.2) is 53.7 Å². The predicted octanol–water partition coefficient (Wildman–Crippen LogP) is 3.77. The highest BCUT2D eigenvalue weighted by Gasteiger charge is 2.39. The van der Waals surface area contributed by atoms with Crippen molar-refractivity contribution >= 4 is 23.7 Å². The van der Waals surface area contributed by atoms with Crippen LogP contribution in [-0.2, 0) is 9.53 Å². The van der Waals surface area contributed by atoms with Crippen LogP contribution in [0, 0.1) is 11.6 Å². The molecule has 1 atom stereocenters. The second-order valence-electron chi connectivity index (χ2n) is 6.42. The van der Waals surface area contributed by atoms with Gasteiger partial charge in [0.2, 0.25) is 0 Å². The van der Waals surface area contributed by atoms with Gasteiger partial charge in [-0.15, -0.1) is 0 Å². The number of rotatable bonds is 5. The monoisotopic (exact) mass is 416 g/mol. The molecule has 1 aliphatic rings. The van der Waals surface area contributed by atoms with Crippen LogP contribution in [0.2, 0.25) is 0 Å². The summed E-state index contributed by atoms with van der Waals surface area (Å²) in [7, 11) is 0. The van der Waals surface area contributed by atoms with Crippen molar-refractivity contribution in [2.45, 2.75) is 19.9 Å². The zero-order valence-corrected chi connectivity index (χ0v) is 16.1. The van der Waals surface area contributed by atoms with E-state index in [9.17, 15) is 23.2 Å². The number of carbonyl (C=O) groups is 3. The number of halogens is 2. The smallest absolute Gasteiger partial charge is 0.338 e. The molecule has 0 bridgehead atoms. The van der Waals surface area contributed by atoms with Gasteiger partial charge in [-0.1, -0.05) is 6.07 Å². The number of anilines is 1. The van der Waals surface area contributed by atoms with Crippen molar-refractivity contribution < 1.29 is 33.0 Å². The summed E-state index contributed by atoms with van der Waals surface area (Å²) in [5.41, 5.74) is -0.233. The summed E-state index contributed by atoms with van der Waals surface area (Å²) in [4.78, 5) is 37.7. The van der Waals surface area contributed by atoms with Crippen molar-refractivity contribution in [3.8, 4) is 0 Å². The summed E-state index contributed by atoms with van der Waals surface area (Å²) >= 11 is 0. The number of benzene rings is 2. The lowest BCUT2D eigenvalue weighted by molar-refractivity contribution is -0.139. The number of allylic oxidation sites excluding steroid dienone is 1. The molecule has 2 aromatic carbocycles. The maximum absolute atomic E-state index is 14.4. The van der Waals surface area contributed by atoms with E-state index in [1.165, 1.54) is 37.3 Å². The molecule has 1 heterocycles. The quantitative estimate of drug-likeness (QED) is 0.724. The highest BCUT2D eigenvalue weighted by Crippen LogP contribution is 2.36. The van der Waals surface area contributed by atoms with E-state index in [1.807, 2.05) is 0 Å². The van der Waals surface area contributed by atoms with Gasteiger partial charge in [0.1, 0.15) is 11.6 Å². The lowest BCUT2D eigenvalue weighted by Crippen LogP contribution is -2.48. The van der Waals surface area contributed by atoms with Gasteiger partial charge in [0.15, 0.2) is 0 Å².